The van der Waals surface area contributed by atoms with Crippen LogP contribution in [0.3, 0.4) is 0 Å². The molecule has 0 aromatic heterocycles. The predicted octanol–water partition coefficient (Wildman–Crippen LogP) is 0.933. The number of barbiturate groups is 1. The number of carbonyl (C=O) groups is 3. The van der Waals surface area contributed by atoms with Gasteiger partial charge in [-0.3, -0.25) is 19.8 Å². The molecule has 0 saturated carbocycles. The van der Waals surface area contributed by atoms with Crippen LogP contribution in [0.15, 0.2) is 18.2 Å². The molecule has 2 rings (SSSR count). The molecular formula is C11H8F2N2O3. The number of hydrogen-bond acceptors (Lipinski definition) is 3. The number of nitrogens with one attached hydrogen (secondary N) is 1. The molecule has 1 N–H and O–H groups in total. The molecule has 1 aromatic carbocycles. The summed E-state index contributed by atoms with van der Waals surface area (Å²) in [5.41, 5.74) is 0.256. The molecule has 0 unspecified atom stereocenters. The van der Waals surface area contributed by atoms with E-state index in [0.717, 1.165) is 17.0 Å². The fourth-order valence-electron chi connectivity index (χ4n) is 1.56. The van der Waals surface area contributed by atoms with E-state index >= 15 is 0 Å². The lowest BCUT2D eigenvalue weighted by molar-refractivity contribution is -0.136. The first-order chi connectivity index (χ1) is 8.47. The van der Waals surface area contributed by atoms with Gasteiger partial charge in [0.05, 0.1) is 6.54 Å². The third kappa shape index (κ3) is 2.34. The van der Waals surface area contributed by atoms with Crippen LogP contribution in [0, 0.1) is 11.6 Å². The van der Waals surface area contributed by atoms with Crippen molar-refractivity contribution in [1.82, 2.24) is 10.2 Å². The molecule has 18 heavy (non-hydrogen) atoms. The second-order valence-corrected chi connectivity index (χ2v) is 3.76. The van der Waals surface area contributed by atoms with E-state index in [4.69, 9.17) is 0 Å². The van der Waals surface area contributed by atoms with E-state index in [1.807, 2.05) is 5.32 Å². The minimum atomic E-state index is -1.06. The Kier molecular flexibility index (Phi) is 3.05. The Balaban J connectivity index is 2.17. The van der Waals surface area contributed by atoms with E-state index < -0.39 is 35.9 Å². The van der Waals surface area contributed by atoms with Crippen LogP contribution in [0.1, 0.15) is 12.0 Å². The van der Waals surface area contributed by atoms with Crippen LogP contribution in [0.2, 0.25) is 0 Å². The van der Waals surface area contributed by atoms with Crippen molar-refractivity contribution < 1.29 is 23.2 Å². The summed E-state index contributed by atoms with van der Waals surface area (Å²) in [5, 5.41) is 1.97. The van der Waals surface area contributed by atoms with Gasteiger partial charge in [-0.2, -0.15) is 0 Å². The van der Waals surface area contributed by atoms with Gasteiger partial charge in [0, 0.05) is 0 Å². The second-order valence-electron chi connectivity index (χ2n) is 3.76. The molecule has 1 aliphatic heterocycles. The number of nitrogens with zero attached hydrogens (tertiary/aromatic N) is 1. The van der Waals surface area contributed by atoms with Crippen LogP contribution in [-0.4, -0.2) is 22.7 Å². The number of amides is 4. The lowest BCUT2D eigenvalue weighted by Gasteiger charge is -2.24. The molecule has 5 nitrogen and oxygen atoms in total. The number of benzene rings is 1. The van der Waals surface area contributed by atoms with Gasteiger partial charge in [0.1, 0.15) is 6.42 Å². The van der Waals surface area contributed by atoms with Crippen molar-refractivity contribution in [2.24, 2.45) is 0 Å². The molecule has 1 heterocycles. The minimum absolute atomic E-state index is 0.213. The summed E-state index contributed by atoms with van der Waals surface area (Å²) < 4.78 is 25.7. The average Bonchev–Trinajstić information content (AvgIpc) is 2.28. The van der Waals surface area contributed by atoms with E-state index in [1.54, 1.807) is 0 Å². The lowest BCUT2D eigenvalue weighted by atomic mass is 10.2. The summed E-state index contributed by atoms with van der Waals surface area (Å²) in [4.78, 5) is 34.5. The van der Waals surface area contributed by atoms with Gasteiger partial charge < -0.3 is 0 Å². The predicted molar refractivity (Wildman–Crippen MR) is 55.1 cm³/mol. The van der Waals surface area contributed by atoms with Crippen molar-refractivity contribution >= 4 is 17.8 Å². The molecule has 0 aliphatic carbocycles. The largest absolute Gasteiger partial charge is 0.331 e. The Labute approximate surface area is 100 Å². The van der Waals surface area contributed by atoms with Crippen LogP contribution >= 0.6 is 0 Å². The van der Waals surface area contributed by atoms with E-state index in [-0.39, 0.29) is 12.1 Å². The molecule has 1 aromatic rings. The summed E-state index contributed by atoms with van der Waals surface area (Å²) in [7, 11) is 0. The molecule has 1 fully saturated rings. The Morgan fingerprint density at radius 3 is 2.50 bits per heavy atom. The normalized spacial score (nSPS) is 15.9. The molecule has 1 aliphatic rings. The standard InChI is InChI=1S/C11H8F2N2O3/c12-7-2-1-6(3-8(7)13)5-15-10(17)4-9(16)14-11(15)18/h1-3H,4-5H2,(H,14,16,18). The summed E-state index contributed by atoms with van der Waals surface area (Å²) >= 11 is 0. The molecule has 0 spiro atoms. The highest BCUT2D eigenvalue weighted by atomic mass is 19.2. The zero-order valence-corrected chi connectivity index (χ0v) is 9.07. The summed E-state index contributed by atoms with van der Waals surface area (Å²) in [5.74, 6) is -3.42. The fourth-order valence-corrected chi connectivity index (χ4v) is 1.56. The highest BCUT2D eigenvalue weighted by Gasteiger charge is 2.30. The monoisotopic (exact) mass is 254 g/mol. The van der Waals surface area contributed by atoms with Crippen molar-refractivity contribution in [3.63, 3.8) is 0 Å². The van der Waals surface area contributed by atoms with Gasteiger partial charge in [-0.05, 0) is 17.7 Å². The number of hydrogen-bond donors (Lipinski definition) is 1. The number of urea groups is 1. The number of imide groups is 2. The van der Waals surface area contributed by atoms with Gasteiger partial charge in [-0.25, -0.2) is 13.6 Å². The molecule has 0 radical (unpaired) electrons. The first-order valence-electron chi connectivity index (χ1n) is 5.05. The van der Waals surface area contributed by atoms with E-state index in [2.05, 4.69) is 0 Å². The van der Waals surface area contributed by atoms with Crippen molar-refractivity contribution in [2.75, 3.05) is 0 Å². The van der Waals surface area contributed by atoms with Crippen LogP contribution in [0.4, 0.5) is 13.6 Å². The zero-order valence-electron chi connectivity index (χ0n) is 9.07. The highest BCUT2D eigenvalue weighted by Crippen LogP contribution is 2.13. The summed E-state index contributed by atoms with van der Waals surface area (Å²) in [6.45, 7) is -0.213. The zero-order chi connectivity index (χ0) is 13.3. The topological polar surface area (TPSA) is 66.5 Å². The smallest absolute Gasteiger partial charge is 0.277 e. The number of rotatable bonds is 2. The van der Waals surface area contributed by atoms with E-state index in [9.17, 15) is 23.2 Å². The molecular weight excluding hydrogens is 246 g/mol. The molecule has 7 heteroatoms. The van der Waals surface area contributed by atoms with Crippen molar-refractivity contribution in [3.8, 4) is 0 Å². The third-order valence-corrected chi connectivity index (χ3v) is 2.43. The molecule has 94 valence electrons. The Hall–Kier alpha value is -2.31. The highest BCUT2D eigenvalue weighted by molar-refractivity contribution is 6.13. The lowest BCUT2D eigenvalue weighted by Crippen LogP contribution is -2.52. The Bertz CT molecular complexity index is 525. The molecule has 4 amide bonds. The van der Waals surface area contributed by atoms with E-state index in [1.165, 1.54) is 6.07 Å². The van der Waals surface area contributed by atoms with Crippen molar-refractivity contribution in [1.29, 1.82) is 0 Å². The van der Waals surface area contributed by atoms with Gasteiger partial charge in [-0.1, -0.05) is 6.07 Å². The van der Waals surface area contributed by atoms with Crippen molar-refractivity contribution in [2.45, 2.75) is 13.0 Å². The first kappa shape index (κ1) is 12.2. The number of halogens is 2. The maximum Gasteiger partial charge on any atom is 0.331 e. The average molecular weight is 254 g/mol. The minimum Gasteiger partial charge on any atom is -0.277 e. The van der Waals surface area contributed by atoms with Gasteiger partial charge >= 0.3 is 6.03 Å². The third-order valence-electron chi connectivity index (χ3n) is 2.43. The maximum atomic E-state index is 13.0. The molecule has 1 saturated heterocycles. The van der Waals surface area contributed by atoms with Gasteiger partial charge in [-0.15, -0.1) is 0 Å². The number of carbonyl (C=O) groups excluding carboxylic acids is 3. The van der Waals surface area contributed by atoms with Crippen LogP contribution < -0.4 is 5.32 Å². The second kappa shape index (κ2) is 4.52. The fraction of sp³-hybridized carbons (Fsp3) is 0.182. The molecule has 0 atom stereocenters. The van der Waals surface area contributed by atoms with Crippen molar-refractivity contribution in [3.05, 3.63) is 35.4 Å². The van der Waals surface area contributed by atoms with Gasteiger partial charge in [0.15, 0.2) is 11.6 Å². The van der Waals surface area contributed by atoms with Gasteiger partial charge in [0.2, 0.25) is 11.8 Å². The quantitative estimate of drug-likeness (QED) is 0.798. The maximum absolute atomic E-state index is 13.0. The van der Waals surface area contributed by atoms with Crippen LogP contribution in [0.25, 0.3) is 0 Å². The van der Waals surface area contributed by atoms with Crippen LogP contribution in [0.5, 0.6) is 0 Å². The van der Waals surface area contributed by atoms with E-state index in [0.29, 0.717) is 0 Å². The van der Waals surface area contributed by atoms with Crippen LogP contribution in [-0.2, 0) is 16.1 Å². The SMILES string of the molecule is O=C1CC(=O)N(Cc2ccc(F)c(F)c2)C(=O)N1. The summed E-state index contributed by atoms with van der Waals surface area (Å²) in [6.07, 6.45) is -0.435. The molecule has 0 bridgehead atoms. The Morgan fingerprint density at radius 1 is 1.17 bits per heavy atom. The van der Waals surface area contributed by atoms with Gasteiger partial charge in [0.25, 0.3) is 0 Å². The summed E-state index contributed by atoms with van der Waals surface area (Å²) in [6, 6.07) is 2.20. The Morgan fingerprint density at radius 2 is 1.89 bits per heavy atom. The first-order valence-corrected chi connectivity index (χ1v) is 5.05.